The molecule has 0 fully saturated rings. The number of rotatable bonds is 8. The van der Waals surface area contributed by atoms with E-state index in [1.807, 2.05) is 18.2 Å². The van der Waals surface area contributed by atoms with Crippen LogP contribution in [0.3, 0.4) is 0 Å². The zero-order chi connectivity index (χ0) is 15.0. The maximum Gasteiger partial charge on any atom is 0.139 e. The van der Waals surface area contributed by atoms with Crippen molar-refractivity contribution in [1.29, 1.82) is 0 Å². The lowest BCUT2D eigenvalue weighted by molar-refractivity contribution is 0.575. The van der Waals surface area contributed by atoms with E-state index in [0.717, 1.165) is 30.7 Å². The van der Waals surface area contributed by atoms with Gasteiger partial charge in [-0.05, 0) is 37.4 Å². The van der Waals surface area contributed by atoms with Crippen molar-refractivity contribution in [2.45, 2.75) is 64.7 Å². The number of unbranched alkanes of at least 4 members (excludes halogenated alkanes) is 4. The minimum atomic E-state index is -2.33. The van der Waals surface area contributed by atoms with Crippen LogP contribution in [0.1, 0.15) is 64.7 Å². The Labute approximate surface area is 130 Å². The van der Waals surface area contributed by atoms with Gasteiger partial charge in [0.05, 0.1) is 0 Å². The van der Waals surface area contributed by atoms with E-state index in [-0.39, 0.29) is 0 Å². The van der Waals surface area contributed by atoms with Crippen LogP contribution in [-0.2, 0) is 4.57 Å². The Bertz CT molecular complexity index is 490. The minimum absolute atomic E-state index is 0.868. The first-order valence-electron chi connectivity index (χ1n) is 8.61. The van der Waals surface area contributed by atoms with Crippen molar-refractivity contribution in [2.75, 3.05) is 6.16 Å². The van der Waals surface area contributed by atoms with Crippen LogP contribution < -0.4 is 5.30 Å². The number of hydrogen-bond acceptors (Lipinski definition) is 1. The lowest BCUT2D eigenvalue weighted by atomic mass is 10.1. The van der Waals surface area contributed by atoms with Gasteiger partial charge in [0.2, 0.25) is 0 Å². The smallest absolute Gasteiger partial charge is 0.139 e. The highest BCUT2D eigenvalue weighted by Gasteiger charge is 2.29. The lowest BCUT2D eigenvalue weighted by Gasteiger charge is -2.24. The number of allylic oxidation sites excluding steroid dienone is 2. The summed E-state index contributed by atoms with van der Waals surface area (Å²) < 4.78 is 13.7. The fourth-order valence-electron chi connectivity index (χ4n) is 3.19. The molecule has 0 amide bonds. The van der Waals surface area contributed by atoms with Gasteiger partial charge in [0.15, 0.2) is 0 Å². The van der Waals surface area contributed by atoms with Crippen molar-refractivity contribution < 1.29 is 4.57 Å². The van der Waals surface area contributed by atoms with Crippen LogP contribution in [0.5, 0.6) is 0 Å². The standard InChI is InChI=1S/C19H29OP/c1-2-3-4-5-12-17-21(20,18-13-8-6-9-14-18)19-15-10-7-11-16-19/h6,8-9,13-15H,2-5,7,10-12,16-17H2,1H3. The second-order valence-electron chi connectivity index (χ2n) is 6.15. The van der Waals surface area contributed by atoms with Crippen molar-refractivity contribution >= 4 is 12.4 Å². The van der Waals surface area contributed by atoms with E-state index in [4.69, 9.17) is 0 Å². The van der Waals surface area contributed by atoms with Crippen molar-refractivity contribution in [1.82, 2.24) is 0 Å². The maximum atomic E-state index is 13.7. The summed E-state index contributed by atoms with van der Waals surface area (Å²) in [6.07, 6.45) is 13.9. The Hall–Kier alpha value is -0.810. The van der Waals surface area contributed by atoms with E-state index in [1.54, 1.807) is 0 Å². The SMILES string of the molecule is CCCCCCCP(=O)(C1=CCCCC1)c1ccccc1. The Morgan fingerprint density at radius 3 is 2.43 bits per heavy atom. The highest BCUT2D eigenvalue weighted by atomic mass is 31.2. The van der Waals surface area contributed by atoms with Gasteiger partial charge in [-0.15, -0.1) is 0 Å². The summed E-state index contributed by atoms with van der Waals surface area (Å²) in [6.45, 7) is 2.24. The van der Waals surface area contributed by atoms with Crippen molar-refractivity contribution in [2.24, 2.45) is 0 Å². The molecule has 2 rings (SSSR count). The summed E-state index contributed by atoms with van der Waals surface area (Å²) in [6, 6.07) is 10.2. The largest absolute Gasteiger partial charge is 0.314 e. The third-order valence-corrected chi connectivity index (χ3v) is 7.89. The maximum absolute atomic E-state index is 13.7. The number of benzene rings is 1. The second kappa shape index (κ2) is 8.59. The highest BCUT2D eigenvalue weighted by molar-refractivity contribution is 7.75. The minimum Gasteiger partial charge on any atom is -0.314 e. The topological polar surface area (TPSA) is 17.1 Å². The van der Waals surface area contributed by atoms with Crippen LogP contribution in [0, 0.1) is 0 Å². The predicted octanol–water partition coefficient (Wildman–Crippen LogP) is 6.10. The molecule has 0 bridgehead atoms. The Balaban J connectivity index is 2.11. The van der Waals surface area contributed by atoms with Gasteiger partial charge >= 0.3 is 0 Å². The van der Waals surface area contributed by atoms with Crippen molar-refractivity contribution in [3.05, 3.63) is 41.7 Å². The lowest BCUT2D eigenvalue weighted by Crippen LogP contribution is -2.11. The summed E-state index contributed by atoms with van der Waals surface area (Å²) in [5, 5.41) is 2.34. The highest BCUT2D eigenvalue weighted by Crippen LogP contribution is 2.56. The van der Waals surface area contributed by atoms with Gasteiger partial charge in [0.1, 0.15) is 7.14 Å². The molecule has 21 heavy (non-hydrogen) atoms. The van der Waals surface area contributed by atoms with Crippen LogP contribution in [0.25, 0.3) is 0 Å². The summed E-state index contributed by atoms with van der Waals surface area (Å²) in [7, 11) is -2.33. The fourth-order valence-corrected chi connectivity index (χ4v) is 6.34. The Morgan fingerprint density at radius 1 is 1.00 bits per heavy atom. The first-order valence-corrected chi connectivity index (χ1v) is 10.5. The molecule has 0 aliphatic heterocycles. The Kier molecular flexibility index (Phi) is 6.77. The van der Waals surface area contributed by atoms with Crippen LogP contribution in [0.4, 0.5) is 0 Å². The zero-order valence-electron chi connectivity index (χ0n) is 13.4. The van der Waals surface area contributed by atoms with Gasteiger partial charge in [-0.2, -0.15) is 0 Å². The molecule has 1 aliphatic carbocycles. The zero-order valence-corrected chi connectivity index (χ0v) is 14.3. The van der Waals surface area contributed by atoms with Crippen LogP contribution >= 0.6 is 7.14 Å². The average Bonchev–Trinajstić information content (AvgIpc) is 2.56. The predicted molar refractivity (Wildman–Crippen MR) is 93.9 cm³/mol. The fraction of sp³-hybridized carbons (Fsp3) is 0.579. The molecule has 1 nitrogen and oxygen atoms in total. The second-order valence-corrected chi connectivity index (χ2v) is 9.17. The molecule has 1 aromatic rings. The molecule has 1 aromatic carbocycles. The molecular formula is C19H29OP. The summed E-state index contributed by atoms with van der Waals surface area (Å²) >= 11 is 0. The third-order valence-electron chi connectivity index (χ3n) is 4.48. The summed E-state index contributed by atoms with van der Waals surface area (Å²) in [5.74, 6) is 0. The van der Waals surface area contributed by atoms with E-state index >= 15 is 0 Å². The molecule has 0 spiro atoms. The van der Waals surface area contributed by atoms with Gasteiger partial charge in [-0.25, -0.2) is 0 Å². The molecule has 1 aliphatic rings. The average molecular weight is 304 g/mol. The molecule has 116 valence electrons. The number of hydrogen-bond donors (Lipinski definition) is 0. The first kappa shape index (κ1) is 16.6. The van der Waals surface area contributed by atoms with E-state index in [1.165, 1.54) is 43.8 Å². The normalized spacial score (nSPS) is 18.0. The molecule has 0 radical (unpaired) electrons. The summed E-state index contributed by atoms with van der Waals surface area (Å²) in [5.41, 5.74) is 0. The van der Waals surface area contributed by atoms with E-state index < -0.39 is 7.14 Å². The van der Waals surface area contributed by atoms with E-state index in [2.05, 4.69) is 25.1 Å². The molecule has 1 atom stereocenters. The first-order chi connectivity index (χ1) is 10.3. The molecule has 0 saturated heterocycles. The van der Waals surface area contributed by atoms with E-state index in [0.29, 0.717) is 0 Å². The molecular weight excluding hydrogens is 275 g/mol. The van der Waals surface area contributed by atoms with Crippen molar-refractivity contribution in [3.63, 3.8) is 0 Å². The van der Waals surface area contributed by atoms with Crippen LogP contribution in [-0.4, -0.2) is 6.16 Å². The summed E-state index contributed by atoms with van der Waals surface area (Å²) in [4.78, 5) is 0. The van der Waals surface area contributed by atoms with Gasteiger partial charge < -0.3 is 4.57 Å². The van der Waals surface area contributed by atoms with Gasteiger partial charge in [0.25, 0.3) is 0 Å². The van der Waals surface area contributed by atoms with Gasteiger partial charge in [-0.1, -0.05) is 69.0 Å². The third kappa shape index (κ3) is 4.58. The van der Waals surface area contributed by atoms with E-state index in [9.17, 15) is 4.57 Å². The van der Waals surface area contributed by atoms with Gasteiger partial charge in [0, 0.05) is 11.5 Å². The molecule has 0 heterocycles. The van der Waals surface area contributed by atoms with Gasteiger partial charge in [-0.3, -0.25) is 0 Å². The molecule has 2 heteroatoms. The molecule has 0 aromatic heterocycles. The molecule has 0 saturated carbocycles. The molecule has 1 unspecified atom stereocenters. The molecule has 0 N–H and O–H groups in total. The quantitative estimate of drug-likeness (QED) is 0.418. The van der Waals surface area contributed by atoms with Crippen LogP contribution in [0.15, 0.2) is 41.7 Å². The Morgan fingerprint density at radius 2 is 1.76 bits per heavy atom. The van der Waals surface area contributed by atoms with Crippen molar-refractivity contribution in [3.8, 4) is 0 Å². The monoisotopic (exact) mass is 304 g/mol. The van der Waals surface area contributed by atoms with Crippen LogP contribution in [0.2, 0.25) is 0 Å².